The fraction of sp³-hybridized carbons (Fsp3) is 0.722. The maximum Gasteiger partial charge on any atom is 0.290 e. The predicted molar refractivity (Wildman–Crippen MR) is 99.5 cm³/mol. The largest absolute Gasteiger partial charge is 0.483 e. The quantitative estimate of drug-likeness (QED) is 0.722. The van der Waals surface area contributed by atoms with E-state index < -0.39 is 0 Å². The number of aromatic nitrogens is 1. The van der Waals surface area contributed by atoms with E-state index in [2.05, 4.69) is 17.0 Å². The SMILES string of the molecule is CCN1CCC[C@]2(CO)CCN(C(=O)CCc3cc(Cl)no3)C[C@@H]12.O=CO. The minimum Gasteiger partial charge on any atom is -0.483 e. The van der Waals surface area contributed by atoms with Gasteiger partial charge < -0.3 is 19.6 Å². The second-order valence-electron chi connectivity index (χ2n) is 7.08. The number of halogens is 1. The van der Waals surface area contributed by atoms with Gasteiger partial charge in [0.2, 0.25) is 5.91 Å². The highest BCUT2D eigenvalue weighted by molar-refractivity contribution is 6.29. The van der Waals surface area contributed by atoms with E-state index in [0.717, 1.165) is 38.9 Å². The molecule has 0 saturated carbocycles. The molecule has 0 aliphatic carbocycles. The first-order chi connectivity index (χ1) is 13.0. The average Bonchev–Trinajstić information content (AvgIpc) is 3.10. The van der Waals surface area contributed by atoms with Gasteiger partial charge in [-0.3, -0.25) is 14.5 Å². The molecule has 9 heteroatoms. The number of rotatable bonds is 5. The van der Waals surface area contributed by atoms with Crippen LogP contribution >= 0.6 is 11.6 Å². The van der Waals surface area contributed by atoms with E-state index in [1.165, 1.54) is 0 Å². The van der Waals surface area contributed by atoms with Crippen LogP contribution in [0.1, 0.15) is 38.4 Å². The van der Waals surface area contributed by atoms with Crippen LogP contribution in [0.5, 0.6) is 0 Å². The fourth-order valence-corrected chi connectivity index (χ4v) is 4.42. The summed E-state index contributed by atoms with van der Waals surface area (Å²) in [6.07, 6.45) is 3.98. The molecular formula is C18H28ClN3O5. The summed E-state index contributed by atoms with van der Waals surface area (Å²) >= 11 is 5.73. The van der Waals surface area contributed by atoms with Gasteiger partial charge in [-0.05, 0) is 32.4 Å². The predicted octanol–water partition coefficient (Wildman–Crippen LogP) is 1.66. The van der Waals surface area contributed by atoms with Crippen molar-refractivity contribution in [3.05, 3.63) is 17.0 Å². The Balaban J connectivity index is 0.000000817. The van der Waals surface area contributed by atoms with Crippen LogP contribution in [-0.2, 0) is 16.0 Å². The monoisotopic (exact) mass is 401 g/mol. The third-order valence-electron chi connectivity index (χ3n) is 5.73. The van der Waals surface area contributed by atoms with Crippen molar-refractivity contribution < 1.29 is 24.3 Å². The molecule has 0 bridgehead atoms. The molecule has 2 N–H and O–H groups in total. The third kappa shape index (κ3) is 5.21. The van der Waals surface area contributed by atoms with Crippen LogP contribution in [-0.4, -0.2) is 76.4 Å². The Morgan fingerprint density at radius 1 is 1.48 bits per heavy atom. The number of likely N-dealkylation sites (N-methyl/N-ethyl adjacent to an activating group) is 1. The summed E-state index contributed by atoms with van der Waals surface area (Å²) in [6.45, 7) is 5.58. The number of piperidine rings is 2. The van der Waals surface area contributed by atoms with Gasteiger partial charge in [0.1, 0.15) is 5.76 Å². The minimum absolute atomic E-state index is 0.0382. The summed E-state index contributed by atoms with van der Waals surface area (Å²) in [5, 5.41) is 20.9. The maximum atomic E-state index is 12.6. The third-order valence-corrected chi connectivity index (χ3v) is 5.91. The molecule has 0 spiro atoms. The molecule has 1 amide bonds. The van der Waals surface area contributed by atoms with Gasteiger partial charge in [-0.2, -0.15) is 0 Å². The number of carbonyl (C=O) groups excluding carboxylic acids is 1. The van der Waals surface area contributed by atoms with Crippen molar-refractivity contribution in [2.75, 3.05) is 32.8 Å². The molecule has 1 aromatic rings. The van der Waals surface area contributed by atoms with E-state index in [1.54, 1.807) is 6.07 Å². The number of carbonyl (C=O) groups is 2. The van der Waals surface area contributed by atoms with Crippen LogP contribution in [0.2, 0.25) is 5.15 Å². The molecule has 0 unspecified atom stereocenters. The van der Waals surface area contributed by atoms with Gasteiger partial charge in [-0.1, -0.05) is 23.7 Å². The van der Waals surface area contributed by atoms with Crippen LogP contribution in [0.25, 0.3) is 0 Å². The van der Waals surface area contributed by atoms with Crippen molar-refractivity contribution in [3.63, 3.8) is 0 Å². The maximum absolute atomic E-state index is 12.6. The molecule has 2 aliphatic heterocycles. The first-order valence-electron chi connectivity index (χ1n) is 9.31. The molecule has 152 valence electrons. The van der Waals surface area contributed by atoms with Gasteiger partial charge in [0, 0.05) is 43.5 Å². The van der Waals surface area contributed by atoms with Gasteiger partial charge in [0.25, 0.3) is 6.47 Å². The van der Waals surface area contributed by atoms with Crippen molar-refractivity contribution in [1.82, 2.24) is 15.0 Å². The summed E-state index contributed by atoms with van der Waals surface area (Å²) in [5.41, 5.74) is -0.0382. The van der Waals surface area contributed by atoms with Crippen molar-refractivity contribution in [2.45, 2.75) is 45.1 Å². The number of aliphatic hydroxyl groups is 1. The van der Waals surface area contributed by atoms with E-state index in [0.29, 0.717) is 30.3 Å². The second kappa shape index (κ2) is 10.1. The summed E-state index contributed by atoms with van der Waals surface area (Å²) in [4.78, 5) is 25.3. The van der Waals surface area contributed by atoms with Gasteiger partial charge in [0.05, 0.1) is 6.61 Å². The Morgan fingerprint density at radius 3 is 2.81 bits per heavy atom. The zero-order chi connectivity index (χ0) is 19.9. The summed E-state index contributed by atoms with van der Waals surface area (Å²) < 4.78 is 5.06. The lowest BCUT2D eigenvalue weighted by molar-refractivity contribution is -0.140. The number of nitrogens with zero attached hydrogens (tertiary/aromatic N) is 3. The highest BCUT2D eigenvalue weighted by atomic mass is 35.5. The summed E-state index contributed by atoms with van der Waals surface area (Å²) in [7, 11) is 0. The zero-order valence-electron chi connectivity index (χ0n) is 15.6. The number of aryl methyl sites for hydroxylation is 1. The van der Waals surface area contributed by atoms with E-state index >= 15 is 0 Å². The smallest absolute Gasteiger partial charge is 0.290 e. The lowest BCUT2D eigenvalue weighted by Gasteiger charge is -2.54. The Hall–Kier alpha value is -1.64. The van der Waals surface area contributed by atoms with Gasteiger partial charge >= 0.3 is 0 Å². The van der Waals surface area contributed by atoms with E-state index in [1.807, 2.05) is 4.90 Å². The molecule has 2 fully saturated rings. The van der Waals surface area contributed by atoms with E-state index in [4.69, 9.17) is 26.0 Å². The Labute approximate surface area is 164 Å². The molecule has 0 aromatic carbocycles. The van der Waals surface area contributed by atoms with Crippen LogP contribution in [0, 0.1) is 5.41 Å². The number of hydrogen-bond donors (Lipinski definition) is 2. The van der Waals surface area contributed by atoms with E-state index in [9.17, 15) is 9.90 Å². The highest BCUT2D eigenvalue weighted by Gasteiger charge is 2.47. The first kappa shape index (κ1) is 21.7. The second-order valence-corrected chi connectivity index (χ2v) is 7.47. The summed E-state index contributed by atoms with van der Waals surface area (Å²) in [5.74, 6) is 0.776. The van der Waals surface area contributed by atoms with Crippen LogP contribution in [0.4, 0.5) is 0 Å². The number of hydrogen-bond acceptors (Lipinski definition) is 6. The summed E-state index contributed by atoms with van der Waals surface area (Å²) in [6, 6.07) is 1.92. The lowest BCUT2D eigenvalue weighted by Crippen LogP contribution is -2.63. The normalized spacial score (nSPS) is 25.3. The molecule has 3 heterocycles. The first-order valence-corrected chi connectivity index (χ1v) is 9.69. The van der Waals surface area contributed by atoms with Crippen molar-refractivity contribution in [3.8, 4) is 0 Å². The van der Waals surface area contributed by atoms with Gasteiger partial charge in [-0.15, -0.1) is 0 Å². The number of likely N-dealkylation sites (tertiary alicyclic amines) is 2. The number of fused-ring (bicyclic) bond motifs is 1. The van der Waals surface area contributed by atoms with Gasteiger partial charge in [0.15, 0.2) is 5.15 Å². The number of aliphatic hydroxyl groups excluding tert-OH is 1. The molecule has 2 aliphatic rings. The number of amides is 1. The Kier molecular flexibility index (Phi) is 8.07. The van der Waals surface area contributed by atoms with Gasteiger partial charge in [-0.25, -0.2) is 0 Å². The lowest BCUT2D eigenvalue weighted by atomic mass is 9.69. The molecule has 0 radical (unpaired) electrons. The molecule has 2 saturated heterocycles. The molecular weight excluding hydrogens is 374 g/mol. The number of carboxylic acid groups (broad SMARTS) is 1. The zero-order valence-corrected chi connectivity index (χ0v) is 16.4. The highest BCUT2D eigenvalue weighted by Crippen LogP contribution is 2.42. The minimum atomic E-state index is -0.250. The fourth-order valence-electron chi connectivity index (χ4n) is 4.26. The average molecular weight is 402 g/mol. The molecule has 2 atom stereocenters. The van der Waals surface area contributed by atoms with Crippen LogP contribution in [0.3, 0.4) is 0 Å². The molecule has 8 nitrogen and oxygen atoms in total. The standard InChI is InChI=1S/C17H26ClN3O3.CH2O2/c1-2-20-8-3-6-17(12-22)7-9-21(11-14(17)20)16(23)5-4-13-10-15(18)19-24-13;2-1-3/h10,14,22H,2-9,11-12H2,1H3;1H,(H,2,3)/t14-,17-;/m1./s1. The molecule has 27 heavy (non-hydrogen) atoms. The van der Waals surface area contributed by atoms with Crippen molar-refractivity contribution >= 4 is 24.0 Å². The topological polar surface area (TPSA) is 107 Å². The van der Waals surface area contributed by atoms with Crippen molar-refractivity contribution in [2.24, 2.45) is 5.41 Å². The Bertz CT molecular complexity index is 626. The molecule has 1 aromatic heterocycles. The Morgan fingerprint density at radius 2 is 2.22 bits per heavy atom. The van der Waals surface area contributed by atoms with E-state index in [-0.39, 0.29) is 30.4 Å². The molecule has 3 rings (SSSR count). The van der Waals surface area contributed by atoms with Crippen molar-refractivity contribution in [1.29, 1.82) is 0 Å². The van der Waals surface area contributed by atoms with Crippen LogP contribution < -0.4 is 0 Å². The van der Waals surface area contributed by atoms with Crippen LogP contribution in [0.15, 0.2) is 10.6 Å².